The van der Waals surface area contributed by atoms with E-state index in [2.05, 4.69) is 5.48 Å². The summed E-state index contributed by atoms with van der Waals surface area (Å²) in [6, 6.07) is 5.44. The SMILES string of the molecule is CC(Cc1cccc(Cl)c1Cl)NO. The highest BCUT2D eigenvalue weighted by Crippen LogP contribution is 2.26. The standard InChI is InChI=1S/C9H11Cl2NO/c1-6(12-13)5-7-3-2-4-8(10)9(7)11/h2-4,6,12-13H,5H2,1H3. The van der Waals surface area contributed by atoms with Crippen molar-refractivity contribution >= 4 is 23.2 Å². The van der Waals surface area contributed by atoms with E-state index in [0.717, 1.165) is 5.56 Å². The number of hydroxylamine groups is 1. The summed E-state index contributed by atoms with van der Waals surface area (Å²) >= 11 is 11.8. The Labute approximate surface area is 87.4 Å². The summed E-state index contributed by atoms with van der Waals surface area (Å²) in [7, 11) is 0. The highest BCUT2D eigenvalue weighted by molar-refractivity contribution is 6.42. The van der Waals surface area contributed by atoms with Gasteiger partial charge in [0.15, 0.2) is 0 Å². The first-order chi connectivity index (χ1) is 6.15. The number of nitrogens with one attached hydrogen (secondary N) is 1. The van der Waals surface area contributed by atoms with Crippen LogP contribution in [0.4, 0.5) is 0 Å². The van der Waals surface area contributed by atoms with Crippen molar-refractivity contribution in [1.29, 1.82) is 0 Å². The highest BCUT2D eigenvalue weighted by atomic mass is 35.5. The van der Waals surface area contributed by atoms with Crippen LogP contribution in [0.25, 0.3) is 0 Å². The summed E-state index contributed by atoms with van der Waals surface area (Å²) < 4.78 is 0. The Balaban J connectivity index is 2.83. The molecular formula is C9H11Cl2NO. The van der Waals surface area contributed by atoms with Crippen LogP contribution in [0.3, 0.4) is 0 Å². The predicted molar refractivity (Wildman–Crippen MR) is 54.6 cm³/mol. The lowest BCUT2D eigenvalue weighted by molar-refractivity contribution is 0.133. The normalized spacial score (nSPS) is 12.9. The molecule has 0 saturated heterocycles. The zero-order valence-corrected chi connectivity index (χ0v) is 8.73. The third-order valence-electron chi connectivity index (χ3n) is 1.78. The average Bonchev–Trinajstić information content (AvgIpc) is 2.13. The topological polar surface area (TPSA) is 32.3 Å². The molecule has 0 radical (unpaired) electrons. The van der Waals surface area contributed by atoms with Crippen molar-refractivity contribution in [3.63, 3.8) is 0 Å². The fourth-order valence-electron chi connectivity index (χ4n) is 1.08. The van der Waals surface area contributed by atoms with Crippen LogP contribution in [0, 0.1) is 0 Å². The molecular weight excluding hydrogens is 209 g/mol. The molecule has 1 aromatic rings. The number of hydrogen-bond donors (Lipinski definition) is 2. The van der Waals surface area contributed by atoms with Gasteiger partial charge in [-0.25, -0.2) is 5.48 Å². The Morgan fingerprint density at radius 2 is 2.15 bits per heavy atom. The molecule has 1 rings (SSSR count). The Bertz CT molecular complexity index is 291. The van der Waals surface area contributed by atoms with Crippen LogP contribution in [-0.4, -0.2) is 11.2 Å². The minimum Gasteiger partial charge on any atom is -0.317 e. The van der Waals surface area contributed by atoms with Gasteiger partial charge < -0.3 is 5.21 Å². The van der Waals surface area contributed by atoms with Gasteiger partial charge in [0.1, 0.15) is 0 Å². The molecule has 0 aromatic heterocycles. The van der Waals surface area contributed by atoms with Crippen molar-refractivity contribution in [2.45, 2.75) is 19.4 Å². The number of benzene rings is 1. The van der Waals surface area contributed by atoms with E-state index in [1.807, 2.05) is 19.1 Å². The van der Waals surface area contributed by atoms with E-state index in [1.165, 1.54) is 0 Å². The van der Waals surface area contributed by atoms with E-state index in [9.17, 15) is 0 Å². The minimum atomic E-state index is -0.0315. The molecule has 1 atom stereocenters. The average molecular weight is 220 g/mol. The van der Waals surface area contributed by atoms with Crippen molar-refractivity contribution in [2.24, 2.45) is 0 Å². The molecule has 0 bridgehead atoms. The van der Waals surface area contributed by atoms with Gasteiger partial charge in [0, 0.05) is 6.04 Å². The lowest BCUT2D eigenvalue weighted by Gasteiger charge is -2.10. The lowest BCUT2D eigenvalue weighted by atomic mass is 10.1. The monoisotopic (exact) mass is 219 g/mol. The molecule has 0 aliphatic carbocycles. The van der Waals surface area contributed by atoms with Crippen LogP contribution in [0.15, 0.2) is 18.2 Å². The van der Waals surface area contributed by atoms with Crippen molar-refractivity contribution in [3.05, 3.63) is 33.8 Å². The van der Waals surface area contributed by atoms with E-state index in [0.29, 0.717) is 16.5 Å². The van der Waals surface area contributed by atoms with Gasteiger partial charge in [-0.15, -0.1) is 0 Å². The molecule has 2 nitrogen and oxygen atoms in total. The van der Waals surface area contributed by atoms with Crippen molar-refractivity contribution in [2.75, 3.05) is 0 Å². The molecule has 2 N–H and O–H groups in total. The molecule has 0 fully saturated rings. The maximum absolute atomic E-state index is 8.63. The van der Waals surface area contributed by atoms with E-state index in [-0.39, 0.29) is 6.04 Å². The third kappa shape index (κ3) is 2.85. The third-order valence-corrected chi connectivity index (χ3v) is 2.64. The van der Waals surface area contributed by atoms with Crippen LogP contribution < -0.4 is 5.48 Å². The second kappa shape index (κ2) is 4.82. The summed E-state index contributed by atoms with van der Waals surface area (Å²) in [4.78, 5) is 0. The van der Waals surface area contributed by atoms with Gasteiger partial charge in [-0.05, 0) is 25.0 Å². The Morgan fingerprint density at radius 1 is 1.46 bits per heavy atom. The van der Waals surface area contributed by atoms with E-state index in [1.54, 1.807) is 6.07 Å². The number of rotatable bonds is 3. The van der Waals surface area contributed by atoms with Crippen LogP contribution in [-0.2, 0) is 6.42 Å². The predicted octanol–water partition coefficient (Wildman–Crippen LogP) is 2.90. The van der Waals surface area contributed by atoms with Crippen LogP contribution in [0.2, 0.25) is 10.0 Å². The second-order valence-electron chi connectivity index (χ2n) is 2.95. The molecule has 1 unspecified atom stereocenters. The molecule has 1 aromatic carbocycles. The molecule has 4 heteroatoms. The van der Waals surface area contributed by atoms with Crippen molar-refractivity contribution < 1.29 is 5.21 Å². The second-order valence-corrected chi connectivity index (χ2v) is 3.73. The maximum atomic E-state index is 8.63. The first-order valence-corrected chi connectivity index (χ1v) is 4.73. The minimum absolute atomic E-state index is 0.0315. The summed E-state index contributed by atoms with van der Waals surface area (Å²) in [5, 5.41) is 9.74. The van der Waals surface area contributed by atoms with Crippen LogP contribution >= 0.6 is 23.2 Å². The largest absolute Gasteiger partial charge is 0.317 e. The number of hydrogen-bond acceptors (Lipinski definition) is 2. The Hall–Kier alpha value is -0.280. The summed E-state index contributed by atoms with van der Waals surface area (Å²) in [5.74, 6) is 0. The van der Waals surface area contributed by atoms with E-state index < -0.39 is 0 Å². The molecule has 72 valence electrons. The molecule has 0 amide bonds. The molecule has 0 aliphatic heterocycles. The van der Waals surface area contributed by atoms with Gasteiger partial charge in [-0.1, -0.05) is 35.3 Å². The molecule has 13 heavy (non-hydrogen) atoms. The first kappa shape index (κ1) is 10.8. The smallest absolute Gasteiger partial charge is 0.0624 e. The molecule has 0 aliphatic rings. The Kier molecular flexibility index (Phi) is 4.00. The lowest BCUT2D eigenvalue weighted by Crippen LogP contribution is -2.24. The maximum Gasteiger partial charge on any atom is 0.0624 e. The number of halogens is 2. The van der Waals surface area contributed by atoms with Gasteiger partial charge in [0.2, 0.25) is 0 Å². The van der Waals surface area contributed by atoms with Crippen LogP contribution in [0.1, 0.15) is 12.5 Å². The van der Waals surface area contributed by atoms with Gasteiger partial charge in [0.05, 0.1) is 10.0 Å². The summed E-state index contributed by atoms with van der Waals surface area (Å²) in [6.07, 6.45) is 0.649. The van der Waals surface area contributed by atoms with Gasteiger partial charge in [0.25, 0.3) is 0 Å². The summed E-state index contributed by atoms with van der Waals surface area (Å²) in [5.41, 5.74) is 3.09. The van der Waals surface area contributed by atoms with Gasteiger partial charge in [-0.2, -0.15) is 0 Å². The summed E-state index contributed by atoms with van der Waals surface area (Å²) in [6.45, 7) is 1.86. The highest BCUT2D eigenvalue weighted by Gasteiger charge is 2.07. The molecule has 0 heterocycles. The zero-order chi connectivity index (χ0) is 9.84. The van der Waals surface area contributed by atoms with Gasteiger partial charge >= 0.3 is 0 Å². The van der Waals surface area contributed by atoms with Crippen molar-refractivity contribution in [1.82, 2.24) is 5.48 Å². The van der Waals surface area contributed by atoms with E-state index in [4.69, 9.17) is 28.4 Å². The fraction of sp³-hybridized carbons (Fsp3) is 0.333. The van der Waals surface area contributed by atoms with Crippen LogP contribution in [0.5, 0.6) is 0 Å². The first-order valence-electron chi connectivity index (χ1n) is 3.97. The molecule has 0 saturated carbocycles. The zero-order valence-electron chi connectivity index (χ0n) is 7.22. The molecule has 0 spiro atoms. The fourth-order valence-corrected chi connectivity index (χ4v) is 1.48. The van der Waals surface area contributed by atoms with Gasteiger partial charge in [-0.3, -0.25) is 0 Å². The Morgan fingerprint density at radius 3 is 2.77 bits per heavy atom. The quantitative estimate of drug-likeness (QED) is 0.767. The van der Waals surface area contributed by atoms with E-state index >= 15 is 0 Å². The van der Waals surface area contributed by atoms with Crippen molar-refractivity contribution in [3.8, 4) is 0 Å².